The molecule has 2 unspecified atom stereocenters. The Hall–Kier alpha value is -1.50. The summed E-state index contributed by atoms with van der Waals surface area (Å²) in [6.07, 6.45) is 10.8. The molecule has 0 heterocycles. The lowest BCUT2D eigenvalue weighted by molar-refractivity contribution is 0.0393. The zero-order chi connectivity index (χ0) is 14.3. The van der Waals surface area contributed by atoms with Crippen LogP contribution in [0.4, 0.5) is 0 Å². The number of allylic oxidation sites excluding steroid dienone is 1. The van der Waals surface area contributed by atoms with E-state index in [2.05, 4.69) is 43.0 Å². The smallest absolute Gasteiger partial charge is 0.106 e. The summed E-state index contributed by atoms with van der Waals surface area (Å²) in [5, 5.41) is 0. The Morgan fingerprint density at radius 1 is 1.10 bits per heavy atom. The standard InChI is InChI=1S/C20H24O/c1-2-21-9-8-19-16-10-15-11-17(19)14-20(12-15,13-16)18-6-4-3-5-7-18/h2-8,15-17H,1,9-14H2/t15?,16-,17+,20?. The lowest BCUT2D eigenvalue weighted by atomic mass is 9.46. The third-order valence-electron chi connectivity index (χ3n) is 6.05. The van der Waals surface area contributed by atoms with Gasteiger partial charge in [-0.2, -0.15) is 0 Å². The summed E-state index contributed by atoms with van der Waals surface area (Å²) in [5.74, 6) is 2.54. The molecule has 0 aromatic heterocycles. The van der Waals surface area contributed by atoms with Crippen LogP contribution in [0.5, 0.6) is 0 Å². The van der Waals surface area contributed by atoms with Gasteiger partial charge in [-0.15, -0.1) is 0 Å². The Bertz CT molecular complexity index is 538. The molecule has 1 aromatic carbocycles. The average molecular weight is 280 g/mol. The predicted octanol–water partition coefficient (Wildman–Crippen LogP) is 4.85. The van der Waals surface area contributed by atoms with Gasteiger partial charge < -0.3 is 4.74 Å². The molecule has 1 nitrogen and oxygen atoms in total. The highest BCUT2D eigenvalue weighted by molar-refractivity contribution is 5.34. The first-order valence-corrected chi connectivity index (χ1v) is 8.29. The first kappa shape index (κ1) is 13.2. The molecule has 4 fully saturated rings. The second-order valence-electron chi connectivity index (χ2n) is 7.19. The van der Waals surface area contributed by atoms with Crippen LogP contribution in [-0.4, -0.2) is 6.61 Å². The van der Waals surface area contributed by atoms with Crippen LogP contribution in [0.15, 0.2) is 54.8 Å². The Morgan fingerprint density at radius 2 is 1.81 bits per heavy atom. The van der Waals surface area contributed by atoms with Crippen molar-refractivity contribution in [3.05, 3.63) is 60.4 Å². The number of rotatable bonds is 4. The molecule has 110 valence electrons. The largest absolute Gasteiger partial charge is 0.498 e. The van der Waals surface area contributed by atoms with Gasteiger partial charge in [0.2, 0.25) is 0 Å². The van der Waals surface area contributed by atoms with E-state index in [9.17, 15) is 0 Å². The summed E-state index contributed by atoms with van der Waals surface area (Å²) in [4.78, 5) is 0. The lowest BCUT2D eigenvalue weighted by Gasteiger charge is -2.58. The van der Waals surface area contributed by atoms with Crippen molar-refractivity contribution >= 4 is 0 Å². The van der Waals surface area contributed by atoms with E-state index >= 15 is 0 Å². The van der Waals surface area contributed by atoms with E-state index in [-0.39, 0.29) is 0 Å². The van der Waals surface area contributed by atoms with Gasteiger partial charge in [0.1, 0.15) is 6.61 Å². The average Bonchev–Trinajstić information content (AvgIpc) is 2.50. The van der Waals surface area contributed by atoms with E-state index in [0.717, 1.165) is 17.8 Å². The number of benzene rings is 1. The predicted molar refractivity (Wildman–Crippen MR) is 85.9 cm³/mol. The summed E-state index contributed by atoms with van der Waals surface area (Å²) in [7, 11) is 0. The molecule has 0 N–H and O–H groups in total. The van der Waals surface area contributed by atoms with Crippen LogP contribution in [0, 0.1) is 17.8 Å². The highest BCUT2D eigenvalue weighted by Gasteiger charge is 2.53. The molecule has 4 bridgehead atoms. The number of ether oxygens (including phenoxy) is 1. The molecular weight excluding hydrogens is 256 g/mol. The van der Waals surface area contributed by atoms with Gasteiger partial charge in [-0.05, 0) is 66.9 Å². The van der Waals surface area contributed by atoms with Crippen molar-refractivity contribution < 1.29 is 4.74 Å². The lowest BCUT2D eigenvalue weighted by Crippen LogP contribution is -2.49. The SMILES string of the molecule is C=COCC=C1[C@@H]2CC3C[C@H]1CC(c1ccccc1)(C3)C2. The fourth-order valence-electron chi connectivity index (χ4n) is 5.51. The number of hydrogen-bond donors (Lipinski definition) is 0. The third-order valence-corrected chi connectivity index (χ3v) is 6.05. The molecule has 4 saturated carbocycles. The molecule has 0 amide bonds. The van der Waals surface area contributed by atoms with E-state index in [4.69, 9.17) is 4.74 Å². The van der Waals surface area contributed by atoms with Crippen LogP contribution >= 0.6 is 0 Å². The Labute approximate surface area is 127 Å². The Kier molecular flexibility index (Phi) is 3.17. The van der Waals surface area contributed by atoms with Crippen molar-refractivity contribution in [1.82, 2.24) is 0 Å². The van der Waals surface area contributed by atoms with Gasteiger partial charge in [0, 0.05) is 0 Å². The maximum Gasteiger partial charge on any atom is 0.106 e. The summed E-state index contributed by atoms with van der Waals surface area (Å²) in [6, 6.07) is 11.3. The van der Waals surface area contributed by atoms with Crippen molar-refractivity contribution in [2.75, 3.05) is 6.61 Å². The van der Waals surface area contributed by atoms with Crippen LogP contribution in [0.2, 0.25) is 0 Å². The van der Waals surface area contributed by atoms with Gasteiger partial charge in [0.25, 0.3) is 0 Å². The molecule has 4 aliphatic carbocycles. The maximum atomic E-state index is 5.34. The van der Waals surface area contributed by atoms with Crippen molar-refractivity contribution in [3.63, 3.8) is 0 Å². The first-order chi connectivity index (χ1) is 10.3. The second-order valence-corrected chi connectivity index (χ2v) is 7.19. The van der Waals surface area contributed by atoms with Crippen LogP contribution in [-0.2, 0) is 10.2 Å². The third kappa shape index (κ3) is 2.14. The van der Waals surface area contributed by atoms with Crippen molar-refractivity contribution in [3.8, 4) is 0 Å². The van der Waals surface area contributed by atoms with Crippen molar-refractivity contribution in [2.24, 2.45) is 17.8 Å². The molecule has 0 aliphatic heterocycles. The number of hydrogen-bond acceptors (Lipinski definition) is 1. The summed E-state index contributed by atoms with van der Waals surface area (Å²) in [6.45, 7) is 4.34. The van der Waals surface area contributed by atoms with Gasteiger partial charge in [0.05, 0.1) is 6.26 Å². The molecule has 0 radical (unpaired) electrons. The van der Waals surface area contributed by atoms with E-state index < -0.39 is 0 Å². The van der Waals surface area contributed by atoms with Crippen LogP contribution in [0.25, 0.3) is 0 Å². The minimum Gasteiger partial charge on any atom is -0.498 e. The monoisotopic (exact) mass is 280 g/mol. The fourth-order valence-corrected chi connectivity index (χ4v) is 5.51. The highest BCUT2D eigenvalue weighted by Crippen LogP contribution is 2.62. The summed E-state index contributed by atoms with van der Waals surface area (Å²) >= 11 is 0. The summed E-state index contributed by atoms with van der Waals surface area (Å²) < 4.78 is 5.34. The van der Waals surface area contributed by atoms with Crippen LogP contribution in [0.1, 0.15) is 37.7 Å². The topological polar surface area (TPSA) is 9.23 Å². The van der Waals surface area contributed by atoms with Gasteiger partial charge in [0.15, 0.2) is 0 Å². The molecule has 0 saturated heterocycles. The fraction of sp³-hybridized carbons (Fsp3) is 0.500. The maximum absolute atomic E-state index is 5.34. The van der Waals surface area contributed by atoms with E-state index in [1.165, 1.54) is 32.1 Å². The molecular formula is C20H24O. The Morgan fingerprint density at radius 3 is 2.48 bits per heavy atom. The zero-order valence-electron chi connectivity index (χ0n) is 12.6. The molecule has 1 aromatic rings. The van der Waals surface area contributed by atoms with Crippen molar-refractivity contribution in [2.45, 2.75) is 37.5 Å². The zero-order valence-corrected chi connectivity index (χ0v) is 12.6. The van der Waals surface area contributed by atoms with E-state index in [1.54, 1.807) is 17.4 Å². The van der Waals surface area contributed by atoms with E-state index in [0.29, 0.717) is 12.0 Å². The second kappa shape index (κ2) is 5.05. The molecule has 4 aliphatic rings. The first-order valence-electron chi connectivity index (χ1n) is 8.29. The van der Waals surface area contributed by atoms with Crippen molar-refractivity contribution in [1.29, 1.82) is 0 Å². The van der Waals surface area contributed by atoms with Crippen LogP contribution < -0.4 is 0 Å². The minimum atomic E-state index is 0.467. The van der Waals surface area contributed by atoms with Gasteiger partial charge >= 0.3 is 0 Å². The minimum absolute atomic E-state index is 0.467. The Balaban J connectivity index is 1.63. The normalized spacial score (nSPS) is 38.7. The highest BCUT2D eigenvalue weighted by atomic mass is 16.5. The van der Waals surface area contributed by atoms with E-state index in [1.807, 2.05) is 0 Å². The quantitative estimate of drug-likeness (QED) is 0.435. The van der Waals surface area contributed by atoms with Gasteiger partial charge in [-0.3, -0.25) is 0 Å². The molecule has 21 heavy (non-hydrogen) atoms. The van der Waals surface area contributed by atoms with Gasteiger partial charge in [-0.25, -0.2) is 0 Å². The molecule has 5 rings (SSSR count). The van der Waals surface area contributed by atoms with Crippen LogP contribution in [0.3, 0.4) is 0 Å². The summed E-state index contributed by atoms with van der Waals surface area (Å²) in [5.41, 5.74) is 3.75. The molecule has 1 heteroatoms. The van der Waals surface area contributed by atoms with Gasteiger partial charge in [-0.1, -0.05) is 42.5 Å². The molecule has 4 atom stereocenters. The molecule has 0 spiro atoms.